The zero-order valence-corrected chi connectivity index (χ0v) is 14.9. The maximum absolute atomic E-state index is 8.63. The van der Waals surface area contributed by atoms with Crippen LogP contribution in [-0.4, -0.2) is 5.11 Å². The number of benzene rings is 3. The number of aromatic hydroxyl groups is 1. The van der Waals surface area contributed by atoms with E-state index in [9.17, 15) is 0 Å². The smallest absolute Gasteiger partial charge is 0.133 e. The van der Waals surface area contributed by atoms with E-state index in [1.807, 2.05) is 42.5 Å². The van der Waals surface area contributed by atoms with Crippen molar-refractivity contribution in [2.45, 2.75) is 32.3 Å². The molecule has 3 rings (SSSR count). The van der Waals surface area contributed by atoms with Crippen molar-refractivity contribution in [3.63, 3.8) is 0 Å². The molecule has 1 N–H and O–H groups in total. The highest BCUT2D eigenvalue weighted by Crippen LogP contribution is 2.34. The van der Waals surface area contributed by atoms with Gasteiger partial charge in [-0.3, -0.25) is 0 Å². The molecule has 0 aromatic heterocycles. The Morgan fingerprint density at radius 3 is 1.52 bits per heavy atom. The SMILES string of the molecule is CCC(CC)(Oc1ccccc1)c1ccccc1.Oc1ccccc1. The minimum Gasteiger partial charge on any atom is -0.508 e. The summed E-state index contributed by atoms with van der Waals surface area (Å²) in [6, 6.07) is 29.3. The molecule has 0 aliphatic heterocycles. The molecule has 2 nitrogen and oxygen atoms in total. The Balaban J connectivity index is 0.000000269. The Bertz CT molecular complexity index is 705. The van der Waals surface area contributed by atoms with Crippen molar-refractivity contribution in [2.75, 3.05) is 0 Å². The quantitative estimate of drug-likeness (QED) is 0.604. The fourth-order valence-electron chi connectivity index (χ4n) is 2.75. The number of rotatable bonds is 5. The predicted molar refractivity (Wildman–Crippen MR) is 104 cm³/mol. The van der Waals surface area contributed by atoms with Crippen molar-refractivity contribution in [3.05, 3.63) is 96.6 Å². The summed E-state index contributed by atoms with van der Waals surface area (Å²) in [7, 11) is 0. The van der Waals surface area contributed by atoms with E-state index in [2.05, 4.69) is 38.1 Å². The second-order valence-corrected chi connectivity index (χ2v) is 5.82. The molecule has 0 fully saturated rings. The summed E-state index contributed by atoms with van der Waals surface area (Å²) >= 11 is 0. The van der Waals surface area contributed by atoms with Crippen LogP contribution in [-0.2, 0) is 5.60 Å². The largest absolute Gasteiger partial charge is 0.508 e. The van der Waals surface area contributed by atoms with Gasteiger partial charge in [0.15, 0.2) is 0 Å². The molecule has 0 unspecified atom stereocenters. The molecule has 0 amide bonds. The summed E-state index contributed by atoms with van der Waals surface area (Å²) in [6.07, 6.45) is 1.92. The van der Waals surface area contributed by atoms with Crippen LogP contribution < -0.4 is 4.74 Å². The second kappa shape index (κ2) is 9.53. The summed E-state index contributed by atoms with van der Waals surface area (Å²) in [5.41, 5.74) is 1.03. The van der Waals surface area contributed by atoms with E-state index in [0.29, 0.717) is 5.75 Å². The number of phenols is 1. The first-order valence-electron chi connectivity index (χ1n) is 8.74. The third kappa shape index (κ3) is 5.39. The van der Waals surface area contributed by atoms with Crippen LogP contribution in [0.5, 0.6) is 11.5 Å². The van der Waals surface area contributed by atoms with Gasteiger partial charge in [0, 0.05) is 0 Å². The number of ether oxygens (including phenoxy) is 1. The van der Waals surface area contributed by atoms with Crippen LogP contribution in [0.4, 0.5) is 0 Å². The lowest BCUT2D eigenvalue weighted by atomic mass is 9.88. The van der Waals surface area contributed by atoms with Crippen molar-refractivity contribution in [1.29, 1.82) is 0 Å². The standard InChI is InChI=1S/C17H20O.C6H6O/c1-3-17(4-2,15-11-7-5-8-12-15)18-16-13-9-6-10-14-16;7-6-4-2-1-3-5-6/h5-14H,3-4H2,1-2H3;1-5,7H. The molecule has 0 saturated heterocycles. The number of hydrogen-bond acceptors (Lipinski definition) is 2. The highest BCUT2D eigenvalue weighted by atomic mass is 16.5. The Morgan fingerprint density at radius 1 is 0.680 bits per heavy atom. The molecule has 0 bridgehead atoms. The molecule has 25 heavy (non-hydrogen) atoms. The summed E-state index contributed by atoms with van der Waals surface area (Å²) in [6.45, 7) is 4.36. The van der Waals surface area contributed by atoms with Crippen molar-refractivity contribution in [2.24, 2.45) is 0 Å². The lowest BCUT2D eigenvalue weighted by Gasteiger charge is -2.33. The third-order valence-corrected chi connectivity index (χ3v) is 4.25. The van der Waals surface area contributed by atoms with Crippen LogP contribution in [0.25, 0.3) is 0 Å². The van der Waals surface area contributed by atoms with Crippen LogP contribution >= 0.6 is 0 Å². The third-order valence-electron chi connectivity index (χ3n) is 4.25. The molecule has 3 aromatic carbocycles. The Labute approximate surface area is 150 Å². The fraction of sp³-hybridized carbons (Fsp3) is 0.217. The lowest BCUT2D eigenvalue weighted by molar-refractivity contribution is 0.0573. The van der Waals surface area contributed by atoms with Gasteiger partial charge in [0.1, 0.15) is 17.1 Å². The maximum atomic E-state index is 8.63. The van der Waals surface area contributed by atoms with E-state index < -0.39 is 0 Å². The van der Waals surface area contributed by atoms with Gasteiger partial charge in [-0.25, -0.2) is 0 Å². The molecule has 2 heteroatoms. The minimum atomic E-state index is -0.220. The van der Waals surface area contributed by atoms with E-state index in [0.717, 1.165) is 18.6 Å². The van der Waals surface area contributed by atoms with Gasteiger partial charge in [0.05, 0.1) is 0 Å². The van der Waals surface area contributed by atoms with Crippen molar-refractivity contribution < 1.29 is 9.84 Å². The van der Waals surface area contributed by atoms with E-state index in [1.54, 1.807) is 24.3 Å². The average Bonchev–Trinajstić information content (AvgIpc) is 2.69. The molecule has 0 aliphatic rings. The Hall–Kier alpha value is -2.74. The number of para-hydroxylation sites is 2. The molecular formula is C23H26O2. The van der Waals surface area contributed by atoms with Gasteiger partial charge >= 0.3 is 0 Å². The molecule has 0 aliphatic carbocycles. The van der Waals surface area contributed by atoms with E-state index in [4.69, 9.17) is 9.84 Å². The van der Waals surface area contributed by atoms with Crippen molar-refractivity contribution in [3.8, 4) is 11.5 Å². The summed E-state index contributed by atoms with van der Waals surface area (Å²) in [4.78, 5) is 0. The van der Waals surface area contributed by atoms with E-state index >= 15 is 0 Å². The number of phenolic OH excluding ortho intramolecular Hbond substituents is 1. The minimum absolute atomic E-state index is 0.220. The van der Waals surface area contributed by atoms with Gasteiger partial charge in [-0.2, -0.15) is 0 Å². The molecular weight excluding hydrogens is 308 g/mol. The van der Waals surface area contributed by atoms with Gasteiger partial charge in [-0.1, -0.05) is 80.6 Å². The molecule has 0 heterocycles. The van der Waals surface area contributed by atoms with Crippen LogP contribution in [0.15, 0.2) is 91.0 Å². The predicted octanol–water partition coefficient (Wildman–Crippen LogP) is 6.17. The van der Waals surface area contributed by atoms with Gasteiger partial charge in [0.2, 0.25) is 0 Å². The van der Waals surface area contributed by atoms with Crippen LogP contribution in [0.2, 0.25) is 0 Å². The summed E-state index contributed by atoms with van der Waals surface area (Å²) in [5, 5.41) is 8.63. The zero-order valence-electron chi connectivity index (χ0n) is 14.9. The fourth-order valence-corrected chi connectivity index (χ4v) is 2.75. The average molecular weight is 334 g/mol. The first-order valence-corrected chi connectivity index (χ1v) is 8.74. The molecule has 130 valence electrons. The first kappa shape index (κ1) is 18.6. The highest BCUT2D eigenvalue weighted by molar-refractivity contribution is 5.27. The normalized spacial score (nSPS) is 10.5. The van der Waals surface area contributed by atoms with Gasteiger partial charge in [-0.15, -0.1) is 0 Å². The second-order valence-electron chi connectivity index (χ2n) is 5.82. The molecule has 0 saturated carbocycles. The molecule has 0 spiro atoms. The van der Waals surface area contributed by atoms with Crippen molar-refractivity contribution >= 4 is 0 Å². The van der Waals surface area contributed by atoms with Gasteiger partial charge < -0.3 is 9.84 Å². The topological polar surface area (TPSA) is 29.5 Å². The lowest BCUT2D eigenvalue weighted by Crippen LogP contribution is -2.31. The first-order chi connectivity index (χ1) is 12.2. The molecule has 0 radical (unpaired) electrons. The number of hydrogen-bond donors (Lipinski definition) is 1. The van der Waals surface area contributed by atoms with Crippen molar-refractivity contribution in [1.82, 2.24) is 0 Å². The summed E-state index contributed by atoms with van der Waals surface area (Å²) < 4.78 is 6.29. The zero-order chi connectivity index (χ0) is 18.0. The van der Waals surface area contributed by atoms with E-state index in [-0.39, 0.29) is 5.60 Å². The van der Waals surface area contributed by atoms with Crippen LogP contribution in [0, 0.1) is 0 Å². The van der Waals surface area contributed by atoms with Crippen LogP contribution in [0.3, 0.4) is 0 Å². The molecule has 0 atom stereocenters. The van der Waals surface area contributed by atoms with E-state index in [1.165, 1.54) is 5.56 Å². The van der Waals surface area contributed by atoms with Gasteiger partial charge in [0.25, 0.3) is 0 Å². The monoisotopic (exact) mass is 334 g/mol. The van der Waals surface area contributed by atoms with Gasteiger partial charge in [-0.05, 0) is 42.7 Å². The highest BCUT2D eigenvalue weighted by Gasteiger charge is 2.30. The Kier molecular flexibility index (Phi) is 7.09. The van der Waals surface area contributed by atoms with Crippen LogP contribution in [0.1, 0.15) is 32.3 Å². The molecule has 3 aromatic rings. The summed E-state index contributed by atoms with van der Waals surface area (Å²) in [5.74, 6) is 1.26. The maximum Gasteiger partial charge on any atom is 0.133 e. The Morgan fingerprint density at radius 2 is 1.12 bits per heavy atom.